The third-order valence-electron chi connectivity index (χ3n) is 7.26. The zero-order valence-electron chi connectivity index (χ0n) is 24.9. The van der Waals surface area contributed by atoms with Crippen molar-refractivity contribution in [1.82, 2.24) is 0 Å². The molecule has 0 aromatic heterocycles. The molecular formula is C35H32Cl2O5. The van der Waals surface area contributed by atoms with Crippen LogP contribution in [0.25, 0.3) is 21.5 Å². The van der Waals surface area contributed by atoms with Crippen molar-refractivity contribution in [3.63, 3.8) is 0 Å². The van der Waals surface area contributed by atoms with Gasteiger partial charge in [-0.25, -0.2) is 0 Å². The topological polar surface area (TPSA) is 46.2 Å². The van der Waals surface area contributed by atoms with E-state index >= 15 is 0 Å². The first kappa shape index (κ1) is 26.3. The monoisotopic (exact) mass is 604 g/mol. The van der Waals surface area contributed by atoms with Crippen LogP contribution in [-0.4, -0.2) is 52.8 Å². The third kappa shape index (κ3) is 6.22. The van der Waals surface area contributed by atoms with Crippen molar-refractivity contribution < 1.29 is 26.4 Å². The van der Waals surface area contributed by atoms with Crippen molar-refractivity contribution in [1.29, 1.82) is 0 Å². The highest BCUT2D eigenvalue weighted by atomic mass is 35.5. The number of hydrogen-bond acceptors (Lipinski definition) is 5. The zero-order valence-corrected chi connectivity index (χ0v) is 24.4. The lowest BCUT2D eigenvalue weighted by atomic mass is 9.79. The quantitative estimate of drug-likeness (QED) is 0.192. The standard InChI is InChI=1S/C35H32Cl2O5/c36-28-10-5-11-29(37)34(28)35-32-26-8-3-1-6-24(26)12-14-30(32)41-22-20-39-18-16-38-17-19-40-21-23-42-31-15-13-25-7-2-4-9-27(25)33(31)35/h1-15,35H,16-23H2/i22D,23D. The first-order valence-electron chi connectivity index (χ1n) is 15.0. The number of hydrogen-bond donors (Lipinski definition) is 0. The first-order chi connectivity index (χ1) is 21.5. The lowest BCUT2D eigenvalue weighted by Gasteiger charge is -2.28. The minimum atomic E-state index is -1.01. The molecule has 5 nitrogen and oxygen atoms in total. The molecule has 0 fully saturated rings. The molecule has 5 aromatic carbocycles. The number of rotatable bonds is 1. The van der Waals surface area contributed by atoms with Crippen LogP contribution in [0.2, 0.25) is 10.0 Å². The van der Waals surface area contributed by atoms with Gasteiger partial charge in [0.05, 0.1) is 42.4 Å². The van der Waals surface area contributed by atoms with Gasteiger partial charge >= 0.3 is 0 Å². The van der Waals surface area contributed by atoms with Gasteiger partial charge in [0.2, 0.25) is 0 Å². The molecule has 0 radical (unpaired) electrons. The summed E-state index contributed by atoms with van der Waals surface area (Å²) in [5.74, 6) is 0.387. The SMILES string of the molecule is [2H]C1COCCOCCOCC([2H])Oc2ccc3ccccc3c2C(c2c(Cl)cccc2Cl)c2c(ccc3ccccc23)O1. The molecule has 6 rings (SSSR count). The molecule has 0 amide bonds. The molecule has 5 aromatic rings. The Morgan fingerprint density at radius 3 is 1.45 bits per heavy atom. The van der Waals surface area contributed by atoms with Gasteiger partial charge in [0.1, 0.15) is 24.7 Å². The summed E-state index contributed by atoms with van der Waals surface area (Å²) >= 11 is 14.0. The van der Waals surface area contributed by atoms with Gasteiger partial charge < -0.3 is 23.7 Å². The van der Waals surface area contributed by atoms with Crippen molar-refractivity contribution in [2.75, 3.05) is 52.8 Å². The Morgan fingerprint density at radius 1 is 0.500 bits per heavy atom. The zero-order chi connectivity index (χ0) is 30.5. The molecule has 1 aliphatic heterocycles. The highest BCUT2D eigenvalue weighted by Gasteiger charge is 2.31. The van der Waals surface area contributed by atoms with E-state index in [1.165, 1.54) is 0 Å². The summed E-state index contributed by atoms with van der Waals surface area (Å²) in [5.41, 5.74) is 2.22. The van der Waals surface area contributed by atoms with E-state index in [0.717, 1.165) is 32.7 Å². The summed E-state index contributed by atoms with van der Waals surface area (Å²) in [7, 11) is 0. The molecular weight excluding hydrogens is 571 g/mol. The molecule has 0 N–H and O–H groups in total. The van der Waals surface area contributed by atoms with Crippen molar-refractivity contribution in [2.45, 2.75) is 5.92 Å². The van der Waals surface area contributed by atoms with Crippen LogP contribution in [0, 0.1) is 0 Å². The molecule has 2 atom stereocenters. The van der Waals surface area contributed by atoms with E-state index in [4.69, 9.17) is 49.6 Å². The Bertz CT molecular complexity index is 1630. The predicted molar refractivity (Wildman–Crippen MR) is 169 cm³/mol. The maximum atomic E-state index is 8.73. The molecule has 0 aliphatic carbocycles. The largest absolute Gasteiger partial charge is 0.491 e. The summed E-state index contributed by atoms with van der Waals surface area (Å²) in [6.45, 7) is -0.604. The van der Waals surface area contributed by atoms with Crippen LogP contribution < -0.4 is 9.47 Å². The lowest BCUT2D eigenvalue weighted by molar-refractivity contribution is 0.00481. The Morgan fingerprint density at radius 2 is 0.952 bits per heavy atom. The van der Waals surface area contributed by atoms with E-state index in [0.29, 0.717) is 53.5 Å². The highest BCUT2D eigenvalue weighted by molar-refractivity contribution is 6.36. The van der Waals surface area contributed by atoms with E-state index in [1.54, 1.807) is 0 Å². The molecule has 0 saturated carbocycles. The van der Waals surface area contributed by atoms with Crippen molar-refractivity contribution >= 4 is 44.7 Å². The molecule has 216 valence electrons. The van der Waals surface area contributed by atoms with Gasteiger partial charge in [0.15, 0.2) is 0 Å². The van der Waals surface area contributed by atoms with E-state index in [9.17, 15) is 0 Å². The number of fused-ring (bicyclic) bond motifs is 6. The van der Waals surface area contributed by atoms with Crippen LogP contribution in [0.3, 0.4) is 0 Å². The average Bonchev–Trinajstić information content (AvgIpc) is 3.02. The third-order valence-corrected chi connectivity index (χ3v) is 7.92. The summed E-state index contributed by atoms with van der Waals surface area (Å²) in [5, 5.41) is 4.72. The summed E-state index contributed by atoms with van der Waals surface area (Å²) in [4.78, 5) is 0. The number of ether oxygens (including phenoxy) is 5. The molecule has 0 saturated heterocycles. The van der Waals surface area contributed by atoms with Gasteiger partial charge in [-0.2, -0.15) is 0 Å². The maximum Gasteiger partial charge on any atom is 0.124 e. The van der Waals surface area contributed by atoms with Crippen molar-refractivity contribution in [2.24, 2.45) is 0 Å². The second-order valence-corrected chi connectivity index (χ2v) is 10.6. The van der Waals surface area contributed by atoms with E-state index < -0.39 is 19.1 Å². The minimum Gasteiger partial charge on any atom is -0.491 e. The Labute approximate surface area is 258 Å². The van der Waals surface area contributed by atoms with Crippen LogP contribution in [0.4, 0.5) is 0 Å². The molecule has 2 unspecified atom stereocenters. The molecule has 1 aliphatic rings. The normalized spacial score (nSPS) is 21.5. The summed E-state index contributed by atoms with van der Waals surface area (Å²) in [6.07, 6.45) is 0. The van der Waals surface area contributed by atoms with Crippen LogP contribution in [0.5, 0.6) is 11.5 Å². The lowest BCUT2D eigenvalue weighted by Crippen LogP contribution is -2.17. The van der Waals surface area contributed by atoms with Crippen molar-refractivity contribution in [3.05, 3.63) is 118 Å². The van der Waals surface area contributed by atoms with Gasteiger partial charge in [0, 0.05) is 32.7 Å². The van der Waals surface area contributed by atoms with Gasteiger partial charge in [-0.3, -0.25) is 0 Å². The van der Waals surface area contributed by atoms with Crippen LogP contribution in [-0.2, 0) is 14.2 Å². The van der Waals surface area contributed by atoms with E-state index in [1.807, 2.05) is 91.0 Å². The molecule has 0 spiro atoms. The smallest absolute Gasteiger partial charge is 0.124 e. The van der Waals surface area contributed by atoms with Gasteiger partial charge in [-0.05, 0) is 45.8 Å². The molecule has 1 heterocycles. The number of benzene rings is 5. The minimum absolute atomic E-state index is 0.0484. The van der Waals surface area contributed by atoms with Gasteiger partial charge in [-0.1, -0.05) is 89.9 Å². The predicted octanol–water partition coefficient (Wildman–Crippen LogP) is 8.30. The molecule has 0 bridgehead atoms. The fourth-order valence-corrected chi connectivity index (χ4v) is 6.04. The molecule has 7 heteroatoms. The highest BCUT2D eigenvalue weighted by Crippen LogP contribution is 2.50. The Balaban J connectivity index is 1.66. The van der Waals surface area contributed by atoms with Gasteiger partial charge in [0.25, 0.3) is 0 Å². The van der Waals surface area contributed by atoms with Gasteiger partial charge in [-0.15, -0.1) is 0 Å². The average molecular weight is 606 g/mol. The second-order valence-electron chi connectivity index (χ2n) is 9.80. The van der Waals surface area contributed by atoms with Crippen LogP contribution in [0.15, 0.2) is 91.0 Å². The van der Waals surface area contributed by atoms with Crippen LogP contribution >= 0.6 is 23.2 Å². The fraction of sp³-hybridized carbons (Fsp3) is 0.257. The fourth-order valence-electron chi connectivity index (χ4n) is 5.42. The van der Waals surface area contributed by atoms with E-state index in [-0.39, 0.29) is 13.2 Å². The van der Waals surface area contributed by atoms with Crippen LogP contribution in [0.1, 0.15) is 25.3 Å². The Hall–Kier alpha value is -3.32. The van der Waals surface area contributed by atoms with E-state index in [2.05, 4.69) is 0 Å². The summed E-state index contributed by atoms with van der Waals surface area (Å²) < 4.78 is 47.1. The first-order valence-corrected chi connectivity index (χ1v) is 14.6. The maximum absolute atomic E-state index is 8.73. The Kier molecular flexibility index (Phi) is 8.63. The second kappa shape index (κ2) is 13.8. The molecule has 42 heavy (non-hydrogen) atoms. The number of halogens is 2. The summed E-state index contributed by atoms with van der Waals surface area (Å²) in [6, 6.07) is 29.2. The van der Waals surface area contributed by atoms with Crippen molar-refractivity contribution in [3.8, 4) is 11.5 Å².